The quantitative estimate of drug-likeness (QED) is 0.172. The Labute approximate surface area is 362 Å². The van der Waals surface area contributed by atoms with Crippen LogP contribution < -0.4 is 14.5 Å². The van der Waals surface area contributed by atoms with E-state index < -0.39 is 0 Å². The molecule has 0 aromatic heterocycles. The number of rotatable bonds is 2. The van der Waals surface area contributed by atoms with E-state index in [0.717, 1.165) is 22.9 Å². The highest BCUT2D eigenvalue weighted by Gasteiger charge is 2.38. The molecule has 296 valence electrons. The highest BCUT2D eigenvalue weighted by molar-refractivity contribution is 8.00. The molecule has 0 unspecified atom stereocenters. The minimum Gasteiger partial charge on any atom is -0.457 e. The molecule has 11 rings (SSSR count). The predicted molar refractivity (Wildman–Crippen MR) is 255 cm³/mol. The molecule has 0 saturated carbocycles. The molecule has 0 saturated heterocycles. The van der Waals surface area contributed by atoms with Gasteiger partial charge in [0.1, 0.15) is 11.5 Å². The number of anilines is 6. The zero-order chi connectivity index (χ0) is 41.3. The average molecular weight is 817 g/mol. The van der Waals surface area contributed by atoms with Crippen molar-refractivity contribution in [3.8, 4) is 11.5 Å². The maximum absolute atomic E-state index is 6.87. The molecular formula is C55H48N2OS2. The standard InChI is InChI=1S/C55H48N2OS2/c1-53(2,3)35-21-24-39-34(29-35)19-28-49-51(39)56(43-13-9-11-15-47(43)59-49)37-22-25-45-41(31-37)55(7,8)42-32-38(23-26-46(42)58-45)57-44-14-10-12-16-48(44)60-50-27-18-33-17-20-36(54(4,5)6)30-40(33)52(50)57/h9-32H,1-8H3. The highest BCUT2D eigenvalue weighted by Crippen LogP contribution is 2.58. The van der Waals surface area contributed by atoms with Crippen LogP contribution in [-0.4, -0.2) is 0 Å². The summed E-state index contributed by atoms with van der Waals surface area (Å²) in [6, 6.07) is 54.5. The van der Waals surface area contributed by atoms with E-state index >= 15 is 0 Å². The molecule has 3 aliphatic rings. The third kappa shape index (κ3) is 5.80. The lowest BCUT2D eigenvalue weighted by atomic mass is 9.75. The van der Waals surface area contributed by atoms with Crippen LogP contribution in [-0.2, 0) is 16.2 Å². The second kappa shape index (κ2) is 13.2. The van der Waals surface area contributed by atoms with Crippen molar-refractivity contribution in [2.75, 3.05) is 9.80 Å². The fraction of sp³-hybridized carbons (Fsp3) is 0.200. The molecule has 3 nitrogen and oxygen atoms in total. The second-order valence-electron chi connectivity index (χ2n) is 19.1. The van der Waals surface area contributed by atoms with Crippen LogP contribution in [0.5, 0.6) is 11.5 Å². The maximum atomic E-state index is 6.87. The van der Waals surface area contributed by atoms with Crippen LogP contribution >= 0.6 is 23.5 Å². The van der Waals surface area contributed by atoms with Crippen LogP contribution in [0.2, 0.25) is 0 Å². The lowest BCUT2D eigenvalue weighted by Crippen LogP contribution is -2.26. The van der Waals surface area contributed by atoms with Crippen LogP contribution in [0.15, 0.2) is 165 Å². The summed E-state index contributed by atoms with van der Waals surface area (Å²) in [4.78, 5) is 10.0. The smallest absolute Gasteiger partial charge is 0.131 e. The van der Waals surface area contributed by atoms with Gasteiger partial charge in [-0.2, -0.15) is 0 Å². The molecule has 8 aromatic carbocycles. The molecule has 0 radical (unpaired) electrons. The van der Waals surface area contributed by atoms with Gasteiger partial charge < -0.3 is 14.5 Å². The topological polar surface area (TPSA) is 15.7 Å². The first-order chi connectivity index (χ1) is 28.7. The molecule has 0 spiro atoms. The summed E-state index contributed by atoms with van der Waals surface area (Å²) >= 11 is 3.72. The summed E-state index contributed by atoms with van der Waals surface area (Å²) in [6.07, 6.45) is 0. The molecule has 0 fully saturated rings. The summed E-state index contributed by atoms with van der Waals surface area (Å²) in [6.45, 7) is 18.5. The summed E-state index contributed by atoms with van der Waals surface area (Å²) in [5, 5.41) is 5.04. The average Bonchev–Trinajstić information content (AvgIpc) is 3.23. The van der Waals surface area contributed by atoms with Gasteiger partial charge in [0, 0.05) is 58.3 Å². The monoisotopic (exact) mass is 816 g/mol. The van der Waals surface area contributed by atoms with Gasteiger partial charge in [-0.25, -0.2) is 0 Å². The van der Waals surface area contributed by atoms with E-state index in [-0.39, 0.29) is 16.2 Å². The molecule has 0 aliphatic carbocycles. The molecule has 60 heavy (non-hydrogen) atoms. The van der Waals surface area contributed by atoms with Gasteiger partial charge in [0.15, 0.2) is 0 Å². The number of para-hydroxylation sites is 2. The number of nitrogens with zero attached hydrogens (tertiary/aromatic N) is 2. The SMILES string of the molecule is CC(C)(C)c1ccc2c3c(ccc2c1)Sc1ccccc1N3c1ccc2c(c1)C(C)(C)c1cc(N3c4ccccc4Sc4ccc5ccc(C(C)(C)C)cc5c43)ccc1O2. The van der Waals surface area contributed by atoms with Gasteiger partial charge in [-0.3, -0.25) is 0 Å². The first kappa shape index (κ1) is 37.4. The third-order valence-corrected chi connectivity index (χ3v) is 15.0. The van der Waals surface area contributed by atoms with Crippen molar-refractivity contribution >= 4 is 79.2 Å². The van der Waals surface area contributed by atoms with Gasteiger partial charge in [0.2, 0.25) is 0 Å². The third-order valence-electron chi connectivity index (χ3n) is 12.8. The van der Waals surface area contributed by atoms with Crippen LogP contribution in [0.1, 0.15) is 77.6 Å². The number of benzene rings is 8. The van der Waals surface area contributed by atoms with Crippen molar-refractivity contribution in [2.24, 2.45) is 0 Å². The minimum atomic E-state index is -0.368. The first-order valence-electron chi connectivity index (χ1n) is 21.0. The van der Waals surface area contributed by atoms with Crippen molar-refractivity contribution in [1.82, 2.24) is 0 Å². The predicted octanol–water partition coefficient (Wildman–Crippen LogP) is 16.9. The van der Waals surface area contributed by atoms with Crippen LogP contribution in [0.3, 0.4) is 0 Å². The Morgan fingerprint density at radius 1 is 0.450 bits per heavy atom. The Hall–Kier alpha value is -5.62. The Morgan fingerprint density at radius 3 is 1.50 bits per heavy atom. The van der Waals surface area contributed by atoms with E-state index in [2.05, 4.69) is 211 Å². The Morgan fingerprint density at radius 2 is 0.933 bits per heavy atom. The summed E-state index contributed by atoms with van der Waals surface area (Å²) in [7, 11) is 0. The summed E-state index contributed by atoms with van der Waals surface area (Å²) in [5.41, 5.74) is 11.9. The number of ether oxygens (including phenoxy) is 1. The molecule has 0 N–H and O–H groups in total. The molecular weight excluding hydrogens is 769 g/mol. The fourth-order valence-electron chi connectivity index (χ4n) is 9.34. The highest BCUT2D eigenvalue weighted by atomic mass is 32.2. The van der Waals surface area contributed by atoms with E-state index in [9.17, 15) is 0 Å². The van der Waals surface area contributed by atoms with Crippen molar-refractivity contribution in [3.63, 3.8) is 0 Å². The van der Waals surface area contributed by atoms with Gasteiger partial charge in [-0.05, 0) is 112 Å². The van der Waals surface area contributed by atoms with Crippen molar-refractivity contribution in [2.45, 2.75) is 91.2 Å². The van der Waals surface area contributed by atoms with Gasteiger partial charge in [0.05, 0.1) is 22.7 Å². The number of hydrogen-bond acceptors (Lipinski definition) is 5. The van der Waals surface area contributed by atoms with Crippen molar-refractivity contribution in [3.05, 3.63) is 168 Å². The van der Waals surface area contributed by atoms with Crippen LogP contribution in [0, 0.1) is 0 Å². The second-order valence-corrected chi connectivity index (χ2v) is 21.3. The van der Waals surface area contributed by atoms with Gasteiger partial charge in [-0.1, -0.05) is 146 Å². The zero-order valence-corrected chi connectivity index (χ0v) is 37.1. The normalized spacial score (nSPS) is 15.1. The summed E-state index contributed by atoms with van der Waals surface area (Å²) in [5.74, 6) is 1.81. The molecule has 8 aromatic rings. The lowest BCUT2D eigenvalue weighted by molar-refractivity contribution is 0.418. The molecule has 0 atom stereocenters. The van der Waals surface area contributed by atoms with Crippen molar-refractivity contribution in [1.29, 1.82) is 0 Å². The van der Waals surface area contributed by atoms with E-state index in [1.807, 2.05) is 23.5 Å². The molecule has 0 amide bonds. The molecule has 5 heteroatoms. The number of fused-ring (bicyclic) bond motifs is 10. The minimum absolute atomic E-state index is 0.0287. The molecule has 3 heterocycles. The lowest BCUT2D eigenvalue weighted by Gasteiger charge is -2.39. The van der Waals surface area contributed by atoms with E-state index in [1.54, 1.807) is 0 Å². The van der Waals surface area contributed by atoms with Crippen molar-refractivity contribution < 1.29 is 4.74 Å². The first-order valence-corrected chi connectivity index (χ1v) is 22.6. The van der Waals surface area contributed by atoms with E-state index in [0.29, 0.717) is 0 Å². The zero-order valence-electron chi connectivity index (χ0n) is 35.5. The van der Waals surface area contributed by atoms with Crippen LogP contribution in [0.4, 0.5) is 34.1 Å². The number of hydrogen-bond donors (Lipinski definition) is 0. The Bertz CT molecular complexity index is 3100. The Balaban J connectivity index is 1.06. The van der Waals surface area contributed by atoms with Gasteiger partial charge in [-0.15, -0.1) is 0 Å². The molecule has 0 bridgehead atoms. The van der Waals surface area contributed by atoms with E-state index in [4.69, 9.17) is 4.74 Å². The molecule has 3 aliphatic heterocycles. The fourth-order valence-corrected chi connectivity index (χ4v) is 11.5. The van der Waals surface area contributed by atoms with Crippen LogP contribution in [0.25, 0.3) is 21.5 Å². The maximum Gasteiger partial charge on any atom is 0.131 e. The largest absolute Gasteiger partial charge is 0.457 e. The van der Waals surface area contributed by atoms with E-state index in [1.165, 1.54) is 86.1 Å². The van der Waals surface area contributed by atoms with Gasteiger partial charge >= 0.3 is 0 Å². The summed E-state index contributed by atoms with van der Waals surface area (Å²) < 4.78 is 6.87. The Kier molecular flexibility index (Phi) is 8.22. The van der Waals surface area contributed by atoms with Gasteiger partial charge in [0.25, 0.3) is 0 Å².